The van der Waals surface area contributed by atoms with Crippen LogP contribution in [0.3, 0.4) is 0 Å². The lowest BCUT2D eigenvalue weighted by molar-refractivity contribution is -0.592. The number of nitrogens with zero attached hydrogens (tertiary/aromatic N) is 4. The Balaban J connectivity index is 0.00000208. The second-order valence-electron chi connectivity index (χ2n) is 4.53. The van der Waals surface area contributed by atoms with Crippen LogP contribution in [0, 0.1) is 20.2 Å². The van der Waals surface area contributed by atoms with Crippen molar-refractivity contribution in [3.63, 3.8) is 0 Å². The summed E-state index contributed by atoms with van der Waals surface area (Å²) in [5.74, 6) is 0. The van der Waals surface area contributed by atoms with Crippen LogP contribution >= 0.6 is 11.5 Å². The number of halogens is 1. The minimum atomic E-state index is -0.668. The highest BCUT2D eigenvalue weighted by molar-refractivity contribution is 6.99. The standard InChI is InChI=1S/C14H9N4O4S.ClH/c19-17(20)11-6-7-13(14(8-11)18(21)22)16-15-12(9-23-16)10-4-2-1-3-5-10;/h1-9H;1H/q+1;/p-1. The minimum absolute atomic E-state index is 0. The summed E-state index contributed by atoms with van der Waals surface area (Å²) in [6.45, 7) is 0. The first-order valence-corrected chi connectivity index (χ1v) is 7.27. The van der Waals surface area contributed by atoms with Crippen LogP contribution in [0.5, 0.6) is 0 Å². The van der Waals surface area contributed by atoms with E-state index in [1.807, 2.05) is 30.3 Å². The summed E-state index contributed by atoms with van der Waals surface area (Å²) >= 11 is 1.17. The van der Waals surface area contributed by atoms with Gasteiger partial charge in [-0.15, -0.1) is 0 Å². The summed E-state index contributed by atoms with van der Waals surface area (Å²) in [7, 11) is 0. The second-order valence-corrected chi connectivity index (χ2v) is 5.33. The largest absolute Gasteiger partial charge is 1.00 e. The highest BCUT2D eigenvalue weighted by Crippen LogP contribution is 2.26. The van der Waals surface area contributed by atoms with E-state index in [4.69, 9.17) is 0 Å². The molecule has 0 aliphatic heterocycles. The summed E-state index contributed by atoms with van der Waals surface area (Å²) in [6.07, 6.45) is 0. The number of non-ortho nitro benzene ring substituents is 1. The van der Waals surface area contributed by atoms with Crippen molar-refractivity contribution >= 4 is 22.9 Å². The van der Waals surface area contributed by atoms with Crippen molar-refractivity contribution in [1.29, 1.82) is 0 Å². The van der Waals surface area contributed by atoms with Crippen LogP contribution in [0.15, 0.2) is 53.9 Å². The summed E-state index contributed by atoms with van der Waals surface area (Å²) in [6, 6.07) is 12.9. The number of aromatic nitrogens is 2. The van der Waals surface area contributed by atoms with Gasteiger partial charge in [0.1, 0.15) is 6.07 Å². The van der Waals surface area contributed by atoms with Crippen molar-refractivity contribution in [2.24, 2.45) is 0 Å². The molecule has 0 aliphatic rings. The molecule has 0 atom stereocenters. The Morgan fingerprint density at radius 1 is 1.00 bits per heavy atom. The summed E-state index contributed by atoms with van der Waals surface area (Å²) in [5, 5.41) is 28.1. The molecule has 0 spiro atoms. The van der Waals surface area contributed by atoms with Crippen LogP contribution in [-0.4, -0.2) is 14.9 Å². The number of hydrogen-bond acceptors (Lipinski definition) is 6. The van der Waals surface area contributed by atoms with E-state index in [0.717, 1.165) is 11.6 Å². The molecular formula is C14H9ClN4O4S. The fourth-order valence-electron chi connectivity index (χ4n) is 2.02. The normalized spacial score (nSPS) is 10.0. The van der Waals surface area contributed by atoms with Crippen LogP contribution < -0.4 is 16.5 Å². The number of nitro groups is 2. The van der Waals surface area contributed by atoms with Crippen LogP contribution in [0.4, 0.5) is 11.4 Å². The summed E-state index contributed by atoms with van der Waals surface area (Å²) < 4.78 is 1.38. The maximum absolute atomic E-state index is 11.2. The Morgan fingerprint density at radius 3 is 2.33 bits per heavy atom. The van der Waals surface area contributed by atoms with Gasteiger partial charge in [-0.2, -0.15) is 0 Å². The molecule has 0 radical (unpaired) electrons. The molecule has 0 saturated heterocycles. The quantitative estimate of drug-likeness (QED) is 0.365. The Bertz CT molecular complexity index is 901. The molecule has 0 bridgehead atoms. The maximum atomic E-state index is 11.2. The van der Waals surface area contributed by atoms with Crippen molar-refractivity contribution in [2.45, 2.75) is 0 Å². The first-order chi connectivity index (χ1) is 11.1. The van der Waals surface area contributed by atoms with E-state index in [1.54, 1.807) is 5.38 Å². The van der Waals surface area contributed by atoms with E-state index >= 15 is 0 Å². The van der Waals surface area contributed by atoms with Crippen LogP contribution in [0.2, 0.25) is 0 Å². The molecule has 0 amide bonds. The van der Waals surface area contributed by atoms with Gasteiger partial charge in [0, 0.05) is 26.9 Å². The average Bonchev–Trinajstić information content (AvgIpc) is 3.04. The summed E-state index contributed by atoms with van der Waals surface area (Å²) in [5.41, 5.74) is 1.04. The Hall–Kier alpha value is -2.91. The zero-order valence-electron chi connectivity index (χ0n) is 11.9. The third-order valence-corrected chi connectivity index (χ3v) is 3.91. The molecule has 0 saturated carbocycles. The van der Waals surface area contributed by atoms with E-state index in [1.165, 1.54) is 27.7 Å². The SMILES string of the molecule is O=[N+]([O-])c1ccc(-[n+]2nc(-c3ccccc3)cs2)c([N+](=O)[O-])c1.[Cl-]. The van der Waals surface area contributed by atoms with Gasteiger partial charge in [0.25, 0.3) is 5.69 Å². The lowest BCUT2D eigenvalue weighted by atomic mass is 10.2. The molecule has 3 aromatic rings. The van der Waals surface area contributed by atoms with Crippen molar-refractivity contribution < 1.29 is 26.3 Å². The van der Waals surface area contributed by atoms with E-state index in [0.29, 0.717) is 5.69 Å². The molecule has 0 unspecified atom stereocenters. The number of nitro benzene ring substituents is 2. The van der Waals surface area contributed by atoms with E-state index in [9.17, 15) is 20.2 Å². The van der Waals surface area contributed by atoms with Gasteiger partial charge < -0.3 is 12.4 Å². The van der Waals surface area contributed by atoms with Crippen LogP contribution in [0.25, 0.3) is 16.9 Å². The third kappa shape index (κ3) is 3.36. The molecule has 10 heteroatoms. The number of hydrogen-bond donors (Lipinski definition) is 0. The lowest BCUT2D eigenvalue weighted by Crippen LogP contribution is -3.00. The first-order valence-electron chi connectivity index (χ1n) is 6.43. The number of rotatable bonds is 4. The fourth-order valence-corrected chi connectivity index (χ4v) is 2.81. The lowest BCUT2D eigenvalue weighted by Gasteiger charge is -1.94. The van der Waals surface area contributed by atoms with Gasteiger partial charge in [0.05, 0.1) is 15.2 Å². The zero-order valence-corrected chi connectivity index (χ0v) is 13.5. The minimum Gasteiger partial charge on any atom is -1.00 e. The highest BCUT2D eigenvalue weighted by atomic mass is 35.5. The molecule has 1 heterocycles. The van der Waals surface area contributed by atoms with Crippen molar-refractivity contribution in [2.75, 3.05) is 0 Å². The Morgan fingerprint density at radius 2 is 1.71 bits per heavy atom. The molecule has 0 N–H and O–H groups in total. The molecule has 0 aliphatic carbocycles. The monoisotopic (exact) mass is 364 g/mol. The molecule has 24 heavy (non-hydrogen) atoms. The van der Waals surface area contributed by atoms with Gasteiger partial charge in [-0.1, -0.05) is 30.3 Å². The predicted molar refractivity (Wildman–Crippen MR) is 82.4 cm³/mol. The van der Waals surface area contributed by atoms with Crippen LogP contribution in [-0.2, 0) is 0 Å². The topological polar surface area (TPSA) is 103 Å². The first kappa shape index (κ1) is 17.4. The van der Waals surface area contributed by atoms with Crippen LogP contribution in [0.1, 0.15) is 0 Å². The fraction of sp³-hybridized carbons (Fsp3) is 0. The molecular weight excluding hydrogens is 356 g/mol. The van der Waals surface area contributed by atoms with Gasteiger partial charge in [-0.3, -0.25) is 20.2 Å². The molecule has 1 aromatic heterocycles. The number of benzene rings is 2. The van der Waals surface area contributed by atoms with Gasteiger partial charge in [-0.05, 0) is 0 Å². The molecule has 122 valence electrons. The maximum Gasteiger partial charge on any atom is 0.351 e. The Labute approximate surface area is 145 Å². The molecule has 8 nitrogen and oxygen atoms in total. The van der Waals surface area contributed by atoms with Gasteiger partial charge >= 0.3 is 11.4 Å². The van der Waals surface area contributed by atoms with E-state index < -0.39 is 9.85 Å². The van der Waals surface area contributed by atoms with Gasteiger partial charge in [0.2, 0.25) is 0 Å². The van der Waals surface area contributed by atoms with Crippen molar-refractivity contribution in [1.82, 2.24) is 5.10 Å². The van der Waals surface area contributed by atoms with Crippen molar-refractivity contribution in [3.8, 4) is 16.9 Å². The van der Waals surface area contributed by atoms with Gasteiger partial charge in [0.15, 0.2) is 17.2 Å². The van der Waals surface area contributed by atoms with Crippen molar-refractivity contribution in [3.05, 3.63) is 74.1 Å². The average molecular weight is 365 g/mol. The molecule has 2 aromatic carbocycles. The second kappa shape index (κ2) is 7.11. The van der Waals surface area contributed by atoms with Gasteiger partial charge in [-0.25, -0.2) is 0 Å². The zero-order chi connectivity index (χ0) is 16.4. The Kier molecular flexibility index (Phi) is 5.17. The highest BCUT2D eigenvalue weighted by Gasteiger charge is 2.29. The summed E-state index contributed by atoms with van der Waals surface area (Å²) in [4.78, 5) is 20.6. The third-order valence-electron chi connectivity index (χ3n) is 3.10. The smallest absolute Gasteiger partial charge is 0.351 e. The predicted octanol–water partition coefficient (Wildman–Crippen LogP) is -0.0928. The van der Waals surface area contributed by atoms with E-state index in [2.05, 4.69) is 5.10 Å². The van der Waals surface area contributed by atoms with E-state index in [-0.39, 0.29) is 29.5 Å². The molecule has 3 rings (SSSR count). The molecule has 0 fully saturated rings.